The maximum absolute atomic E-state index is 14.1. The zero-order valence-electron chi connectivity index (χ0n) is 34.7. The summed E-state index contributed by atoms with van der Waals surface area (Å²) in [7, 11) is 8.00. The molecule has 0 amide bonds. The molecule has 0 fully saturated rings. The Morgan fingerprint density at radius 2 is 1.12 bits per heavy atom. The lowest BCUT2D eigenvalue weighted by Crippen LogP contribution is -2.78. The van der Waals surface area contributed by atoms with Gasteiger partial charge in [-0.15, -0.1) is 0 Å². The Hall–Kier alpha value is -6.76. The Morgan fingerprint density at radius 1 is 0.644 bits per heavy atom. The molecule has 1 aliphatic carbocycles. The number of benzene rings is 4. The van der Waals surface area contributed by atoms with E-state index in [4.69, 9.17) is 0 Å². The summed E-state index contributed by atoms with van der Waals surface area (Å²) in [4.78, 5) is 31.8. The Labute approximate surface area is 347 Å². The van der Waals surface area contributed by atoms with Gasteiger partial charge in [0.2, 0.25) is 0 Å². The van der Waals surface area contributed by atoms with Crippen molar-refractivity contribution in [3.8, 4) is 0 Å². The van der Waals surface area contributed by atoms with Gasteiger partial charge < -0.3 is 31.1 Å². The minimum atomic E-state index is -0.151. The number of hydrogen-bond acceptors (Lipinski definition) is 10. The van der Waals surface area contributed by atoms with E-state index in [-0.39, 0.29) is 11.6 Å². The fraction of sp³-hybridized carbons (Fsp3) is 0.234. The largest absolute Gasteiger partial charge is 0.384 e. The highest BCUT2D eigenvalue weighted by atomic mass is 16.1. The summed E-state index contributed by atoms with van der Waals surface area (Å²) in [5, 5.41) is 28.2. The first-order valence-corrected chi connectivity index (χ1v) is 19.9. The van der Waals surface area contributed by atoms with E-state index in [0.29, 0.717) is 52.4 Å². The molecule has 5 rings (SSSR count). The smallest absolute Gasteiger partial charge is 0.198 e. The molecule has 0 radical (unpaired) electrons. The van der Waals surface area contributed by atoms with Gasteiger partial charge >= 0.3 is 0 Å². The molecule has 0 spiro atoms. The number of carbonyl (C=O) groups excluding carboxylic acids is 2. The monoisotopic (exact) mass is 792 g/mol. The van der Waals surface area contributed by atoms with E-state index < -0.39 is 0 Å². The summed E-state index contributed by atoms with van der Waals surface area (Å²) in [5.74, 6) is -0.292. The Morgan fingerprint density at radius 3 is 1.59 bits per heavy atom. The van der Waals surface area contributed by atoms with Crippen LogP contribution in [0.2, 0.25) is 0 Å². The van der Waals surface area contributed by atoms with Gasteiger partial charge in [0, 0.05) is 88.0 Å². The first-order valence-electron chi connectivity index (χ1n) is 19.9. The SMILES string of the molecule is C=CC(=CC=C[NH2+]CCCNc1cccc2c1C(=O)c1c(NCCC[NH2+]C=CC=C(C)N=Nc3ccc(N(C)C)cc3)cccc1C2=O)N=Nc1ccc(N(C)C)cc1. The molecule has 0 saturated carbocycles. The summed E-state index contributed by atoms with van der Waals surface area (Å²) >= 11 is 0. The predicted molar refractivity (Wildman–Crippen MR) is 240 cm³/mol. The molecule has 0 aliphatic heterocycles. The third kappa shape index (κ3) is 12.6. The molecular formula is C47H56N10O2+2. The first-order chi connectivity index (χ1) is 28.7. The van der Waals surface area contributed by atoms with Crippen LogP contribution in [-0.4, -0.2) is 65.9 Å². The topological polar surface area (TPSA) is 147 Å². The second-order valence-electron chi connectivity index (χ2n) is 14.3. The van der Waals surface area contributed by atoms with Gasteiger partial charge in [0.05, 0.1) is 59.4 Å². The van der Waals surface area contributed by atoms with Crippen molar-refractivity contribution in [3.63, 3.8) is 0 Å². The van der Waals surface area contributed by atoms with Gasteiger partial charge in [-0.2, -0.15) is 20.5 Å². The summed E-state index contributed by atoms with van der Waals surface area (Å²) in [6.07, 6.45) is 15.0. The van der Waals surface area contributed by atoms with E-state index in [2.05, 4.69) is 48.3 Å². The maximum Gasteiger partial charge on any atom is 0.198 e. The number of rotatable bonds is 21. The molecule has 0 saturated heterocycles. The number of ketones is 2. The predicted octanol–water partition coefficient (Wildman–Crippen LogP) is 7.89. The highest BCUT2D eigenvalue weighted by Crippen LogP contribution is 2.35. The van der Waals surface area contributed by atoms with Crippen LogP contribution in [0.4, 0.5) is 34.1 Å². The molecule has 12 nitrogen and oxygen atoms in total. The van der Waals surface area contributed by atoms with Crippen molar-refractivity contribution in [1.29, 1.82) is 0 Å². The van der Waals surface area contributed by atoms with Gasteiger partial charge in [-0.1, -0.05) is 30.8 Å². The number of quaternary nitrogens is 2. The minimum absolute atomic E-state index is 0.141. The van der Waals surface area contributed by atoms with E-state index in [1.165, 1.54) is 0 Å². The quantitative estimate of drug-likeness (QED) is 0.0338. The normalized spacial score (nSPS) is 13.1. The summed E-state index contributed by atoms with van der Waals surface area (Å²) in [6.45, 7) is 8.71. The highest BCUT2D eigenvalue weighted by Gasteiger charge is 2.33. The van der Waals surface area contributed by atoms with Crippen molar-refractivity contribution >= 4 is 45.7 Å². The van der Waals surface area contributed by atoms with Gasteiger partial charge in [0.1, 0.15) is 0 Å². The van der Waals surface area contributed by atoms with E-state index >= 15 is 0 Å². The van der Waals surface area contributed by atoms with Crippen LogP contribution in [-0.2, 0) is 0 Å². The lowest BCUT2D eigenvalue weighted by Gasteiger charge is -2.23. The van der Waals surface area contributed by atoms with Crippen molar-refractivity contribution in [2.75, 3.05) is 74.8 Å². The van der Waals surface area contributed by atoms with Gasteiger partial charge in [0.25, 0.3) is 0 Å². The molecule has 12 heteroatoms. The second-order valence-corrected chi connectivity index (χ2v) is 14.3. The number of nitrogens with zero attached hydrogens (tertiary/aromatic N) is 6. The molecule has 0 unspecified atom stereocenters. The van der Waals surface area contributed by atoms with Crippen LogP contribution in [0, 0.1) is 0 Å². The first kappa shape index (κ1) is 43.4. The molecule has 0 bridgehead atoms. The molecule has 4 aromatic carbocycles. The maximum atomic E-state index is 14.1. The average Bonchev–Trinajstić information content (AvgIpc) is 3.25. The number of fused-ring (bicyclic) bond motifs is 2. The second kappa shape index (κ2) is 22.3. The number of azo groups is 2. The van der Waals surface area contributed by atoms with Crippen molar-refractivity contribution < 1.29 is 20.2 Å². The van der Waals surface area contributed by atoms with Gasteiger partial charge in [-0.05, 0) is 98.0 Å². The fourth-order valence-corrected chi connectivity index (χ4v) is 6.18. The number of nitrogens with one attached hydrogen (secondary N) is 2. The number of nitrogens with two attached hydrogens (primary N) is 2. The summed E-state index contributed by atoms with van der Waals surface area (Å²) in [5.41, 5.74) is 8.31. The van der Waals surface area contributed by atoms with E-state index in [1.807, 2.05) is 154 Å². The Kier molecular flexibility index (Phi) is 16.4. The van der Waals surface area contributed by atoms with Gasteiger partial charge in [-0.25, -0.2) is 0 Å². The van der Waals surface area contributed by atoms with E-state index in [1.54, 1.807) is 18.2 Å². The zero-order chi connectivity index (χ0) is 42.0. The minimum Gasteiger partial charge on any atom is -0.384 e. The lowest BCUT2D eigenvalue weighted by molar-refractivity contribution is -0.588. The highest BCUT2D eigenvalue weighted by molar-refractivity contribution is 6.31. The van der Waals surface area contributed by atoms with Gasteiger partial charge in [-0.3, -0.25) is 9.59 Å². The molecule has 0 aromatic heterocycles. The number of carbonyl (C=O) groups is 2. The van der Waals surface area contributed by atoms with Crippen molar-refractivity contribution in [1.82, 2.24) is 0 Å². The zero-order valence-corrected chi connectivity index (χ0v) is 34.7. The molecule has 59 heavy (non-hydrogen) atoms. The average molecular weight is 793 g/mol. The third-order valence-electron chi connectivity index (χ3n) is 9.44. The van der Waals surface area contributed by atoms with Crippen LogP contribution in [0.5, 0.6) is 0 Å². The van der Waals surface area contributed by atoms with E-state index in [0.717, 1.165) is 54.4 Å². The number of hydrogen-bond donors (Lipinski definition) is 4. The van der Waals surface area contributed by atoms with Crippen LogP contribution in [0.1, 0.15) is 51.6 Å². The molecule has 4 aromatic rings. The fourth-order valence-electron chi connectivity index (χ4n) is 6.18. The van der Waals surface area contributed by atoms with Crippen LogP contribution in [0.3, 0.4) is 0 Å². The van der Waals surface area contributed by atoms with Gasteiger partial charge in [0.15, 0.2) is 11.6 Å². The van der Waals surface area contributed by atoms with Crippen molar-refractivity contribution in [2.45, 2.75) is 19.8 Å². The molecule has 304 valence electrons. The third-order valence-corrected chi connectivity index (χ3v) is 9.44. The van der Waals surface area contributed by atoms with Crippen molar-refractivity contribution in [3.05, 3.63) is 168 Å². The summed E-state index contributed by atoms with van der Waals surface area (Å²) < 4.78 is 0. The molecule has 1 aliphatic rings. The standard InChI is InChI=1S/C47H54N10O2/c1-7-35(53-55-37-22-26-39(27-23-37)57(5)6)15-11-29-49-31-13-33-51-43-19-9-17-41-45(43)47(59)44-40(46(41)58)16-8-18-42(44)50-32-12-30-48-28-10-14-34(2)52-54-36-20-24-38(25-21-36)56(3)4/h7-11,14-29,48-51H,1,12-13,30-33H2,2-6H3/p+2. The summed E-state index contributed by atoms with van der Waals surface area (Å²) in [6, 6.07) is 26.6. The molecule has 0 atom stereocenters. The lowest BCUT2D eigenvalue weighted by atomic mass is 9.82. The van der Waals surface area contributed by atoms with Crippen LogP contribution in [0.15, 0.2) is 166 Å². The van der Waals surface area contributed by atoms with E-state index in [9.17, 15) is 9.59 Å². The molecule has 0 heterocycles. The van der Waals surface area contributed by atoms with Crippen molar-refractivity contribution in [2.24, 2.45) is 20.5 Å². The number of anilines is 4. The number of allylic oxidation sites excluding steroid dienone is 6. The molecule has 6 N–H and O–H groups in total. The van der Waals surface area contributed by atoms with Crippen LogP contribution < -0.4 is 31.1 Å². The van der Waals surface area contributed by atoms with Crippen LogP contribution in [0.25, 0.3) is 0 Å². The molecular weight excluding hydrogens is 737 g/mol. The Balaban J connectivity index is 1.06. The van der Waals surface area contributed by atoms with Crippen LogP contribution >= 0.6 is 0 Å². The Bertz CT molecular complexity index is 2250.